The third-order valence-electron chi connectivity index (χ3n) is 4.10. The summed E-state index contributed by atoms with van der Waals surface area (Å²) in [5, 5.41) is 5.15. The molecule has 0 radical (unpaired) electrons. The Kier molecular flexibility index (Phi) is 6.97. The van der Waals surface area contributed by atoms with Crippen molar-refractivity contribution >= 4 is 29.9 Å². The molecule has 0 heterocycles. The number of amides is 2. The van der Waals surface area contributed by atoms with Crippen LogP contribution in [0, 0.1) is 11.7 Å². The summed E-state index contributed by atoms with van der Waals surface area (Å²) in [4.78, 5) is 24.0. The summed E-state index contributed by atoms with van der Waals surface area (Å²) in [6, 6.07) is 5.60. The van der Waals surface area contributed by atoms with E-state index in [1.54, 1.807) is 6.07 Å². The van der Waals surface area contributed by atoms with E-state index in [4.69, 9.17) is 5.73 Å². The molecule has 2 unspecified atom stereocenters. The smallest absolute Gasteiger partial charge is 0.243 e. The van der Waals surface area contributed by atoms with Gasteiger partial charge in [0, 0.05) is 11.2 Å². The molecular weight excluding hydrogens is 321 g/mol. The molecule has 1 fully saturated rings. The number of carbonyl (C=O) groups is 2. The largest absolute Gasteiger partial charge is 0.347 e. The van der Waals surface area contributed by atoms with Crippen LogP contribution in [0.1, 0.15) is 32.6 Å². The fraction of sp³-hybridized carbons (Fsp3) is 0.500. The number of nitrogens with one attached hydrogen (secondary N) is 2. The third-order valence-corrected chi connectivity index (χ3v) is 4.10. The summed E-state index contributed by atoms with van der Waals surface area (Å²) in [5.74, 6) is -1.29. The number of halogens is 2. The van der Waals surface area contributed by atoms with Gasteiger partial charge in [0.25, 0.3) is 0 Å². The molecule has 1 saturated carbocycles. The van der Waals surface area contributed by atoms with Gasteiger partial charge in [-0.3, -0.25) is 9.59 Å². The Hall–Kier alpha value is -1.66. The van der Waals surface area contributed by atoms with Crippen molar-refractivity contribution in [2.45, 2.75) is 38.1 Å². The van der Waals surface area contributed by atoms with E-state index in [1.807, 2.05) is 6.92 Å². The summed E-state index contributed by atoms with van der Waals surface area (Å²) in [5.41, 5.74) is 6.00. The lowest BCUT2D eigenvalue weighted by molar-refractivity contribution is -0.130. The maximum Gasteiger partial charge on any atom is 0.243 e. The predicted molar refractivity (Wildman–Crippen MR) is 89.8 cm³/mol. The molecule has 7 heteroatoms. The number of benzene rings is 1. The molecule has 2 rings (SSSR count). The van der Waals surface area contributed by atoms with E-state index in [2.05, 4.69) is 10.6 Å². The van der Waals surface area contributed by atoms with Gasteiger partial charge in [0.05, 0.1) is 12.5 Å². The Labute approximate surface area is 141 Å². The highest BCUT2D eigenvalue weighted by Gasteiger charge is 2.37. The molecule has 128 valence electrons. The SMILES string of the molecule is CC1(N)CCCCC1C(=O)NCC(=O)Nc1cccc(F)c1.Cl. The van der Waals surface area contributed by atoms with Gasteiger partial charge in [-0.15, -0.1) is 12.4 Å². The van der Waals surface area contributed by atoms with E-state index in [-0.39, 0.29) is 30.8 Å². The van der Waals surface area contributed by atoms with Crippen molar-refractivity contribution in [3.8, 4) is 0 Å². The number of anilines is 1. The van der Waals surface area contributed by atoms with Crippen molar-refractivity contribution in [1.29, 1.82) is 0 Å². The van der Waals surface area contributed by atoms with Crippen LogP contribution >= 0.6 is 12.4 Å². The predicted octanol–water partition coefficient (Wildman–Crippen LogP) is 2.21. The Morgan fingerprint density at radius 3 is 2.78 bits per heavy atom. The second kappa shape index (κ2) is 8.26. The van der Waals surface area contributed by atoms with Crippen LogP contribution in [-0.2, 0) is 9.59 Å². The first-order chi connectivity index (χ1) is 10.4. The summed E-state index contributed by atoms with van der Waals surface area (Å²) < 4.78 is 13.0. The van der Waals surface area contributed by atoms with Gasteiger partial charge in [0.1, 0.15) is 5.82 Å². The molecule has 1 aromatic carbocycles. The summed E-state index contributed by atoms with van der Waals surface area (Å²) >= 11 is 0. The monoisotopic (exact) mass is 343 g/mol. The van der Waals surface area contributed by atoms with Crippen molar-refractivity contribution in [2.24, 2.45) is 11.7 Å². The molecule has 0 aromatic heterocycles. The van der Waals surface area contributed by atoms with Crippen LogP contribution in [0.25, 0.3) is 0 Å². The molecule has 1 aromatic rings. The summed E-state index contributed by atoms with van der Waals surface area (Å²) in [6.45, 7) is 1.73. The molecule has 4 N–H and O–H groups in total. The average Bonchev–Trinajstić information content (AvgIpc) is 2.44. The third kappa shape index (κ3) is 5.48. The van der Waals surface area contributed by atoms with Crippen molar-refractivity contribution in [3.63, 3.8) is 0 Å². The molecular formula is C16H23ClFN3O2. The highest BCUT2D eigenvalue weighted by Crippen LogP contribution is 2.31. The number of rotatable bonds is 4. The van der Waals surface area contributed by atoms with Gasteiger partial charge < -0.3 is 16.4 Å². The Balaban J connectivity index is 0.00000264. The molecule has 0 spiro atoms. The van der Waals surface area contributed by atoms with Crippen LogP contribution < -0.4 is 16.4 Å². The molecule has 2 atom stereocenters. The average molecular weight is 344 g/mol. The second-order valence-corrected chi connectivity index (χ2v) is 6.08. The fourth-order valence-corrected chi connectivity index (χ4v) is 2.85. The van der Waals surface area contributed by atoms with Crippen LogP contribution in [0.3, 0.4) is 0 Å². The van der Waals surface area contributed by atoms with Crippen molar-refractivity contribution in [1.82, 2.24) is 5.32 Å². The van der Waals surface area contributed by atoms with E-state index in [9.17, 15) is 14.0 Å². The van der Waals surface area contributed by atoms with Crippen LogP contribution in [0.15, 0.2) is 24.3 Å². The zero-order chi connectivity index (χ0) is 16.2. The van der Waals surface area contributed by atoms with Crippen molar-refractivity contribution in [2.75, 3.05) is 11.9 Å². The number of hydrogen-bond acceptors (Lipinski definition) is 3. The zero-order valence-corrected chi connectivity index (χ0v) is 13.9. The van der Waals surface area contributed by atoms with Gasteiger partial charge in [0.2, 0.25) is 11.8 Å². The molecule has 5 nitrogen and oxygen atoms in total. The fourth-order valence-electron chi connectivity index (χ4n) is 2.85. The standard InChI is InChI=1S/C16H22FN3O2.ClH/c1-16(18)8-3-2-7-13(16)15(22)19-10-14(21)20-12-6-4-5-11(17)9-12;/h4-6,9,13H,2-3,7-8,10,18H2,1H3,(H,19,22)(H,20,21);1H. The van der Waals surface area contributed by atoms with Crippen LogP contribution in [0.4, 0.5) is 10.1 Å². The van der Waals surface area contributed by atoms with Gasteiger partial charge in [0.15, 0.2) is 0 Å². The van der Waals surface area contributed by atoms with Gasteiger partial charge >= 0.3 is 0 Å². The minimum Gasteiger partial charge on any atom is -0.347 e. The molecule has 0 saturated heterocycles. The van der Waals surface area contributed by atoms with Crippen molar-refractivity contribution in [3.05, 3.63) is 30.1 Å². The molecule has 0 aliphatic heterocycles. The second-order valence-electron chi connectivity index (χ2n) is 6.08. The van der Waals surface area contributed by atoms with Gasteiger partial charge in [-0.25, -0.2) is 4.39 Å². The maximum atomic E-state index is 13.0. The highest BCUT2D eigenvalue weighted by atomic mass is 35.5. The Morgan fingerprint density at radius 2 is 2.13 bits per heavy atom. The number of nitrogens with two attached hydrogens (primary N) is 1. The normalized spacial score (nSPS) is 23.5. The van der Waals surface area contributed by atoms with Crippen LogP contribution in [0.5, 0.6) is 0 Å². The minimum absolute atomic E-state index is 0. The van der Waals surface area contributed by atoms with Crippen molar-refractivity contribution < 1.29 is 14.0 Å². The first kappa shape index (κ1) is 19.4. The molecule has 1 aliphatic rings. The van der Waals surface area contributed by atoms with E-state index in [0.717, 1.165) is 25.7 Å². The Bertz CT molecular complexity index is 566. The Morgan fingerprint density at radius 1 is 1.39 bits per heavy atom. The van der Waals surface area contributed by atoms with E-state index in [1.165, 1.54) is 18.2 Å². The molecule has 1 aliphatic carbocycles. The summed E-state index contributed by atoms with van der Waals surface area (Å²) in [7, 11) is 0. The number of carbonyl (C=O) groups excluding carboxylic acids is 2. The lowest BCUT2D eigenvalue weighted by atomic mass is 9.74. The van der Waals surface area contributed by atoms with E-state index in [0.29, 0.717) is 5.69 Å². The maximum absolute atomic E-state index is 13.0. The molecule has 23 heavy (non-hydrogen) atoms. The molecule has 2 amide bonds. The van der Waals surface area contributed by atoms with Gasteiger partial charge in [-0.2, -0.15) is 0 Å². The minimum atomic E-state index is -0.526. The highest BCUT2D eigenvalue weighted by molar-refractivity contribution is 5.94. The topological polar surface area (TPSA) is 84.2 Å². The molecule has 0 bridgehead atoms. The number of hydrogen-bond donors (Lipinski definition) is 3. The first-order valence-electron chi connectivity index (χ1n) is 7.50. The van der Waals surface area contributed by atoms with E-state index < -0.39 is 17.3 Å². The lowest BCUT2D eigenvalue weighted by Crippen LogP contribution is -2.53. The van der Waals surface area contributed by atoms with Crippen LogP contribution in [-0.4, -0.2) is 23.9 Å². The summed E-state index contributed by atoms with van der Waals surface area (Å²) in [6.07, 6.45) is 3.54. The zero-order valence-electron chi connectivity index (χ0n) is 13.1. The van der Waals surface area contributed by atoms with Gasteiger partial charge in [-0.05, 0) is 38.0 Å². The first-order valence-corrected chi connectivity index (χ1v) is 7.50. The van der Waals surface area contributed by atoms with Gasteiger partial charge in [-0.1, -0.05) is 18.9 Å². The van der Waals surface area contributed by atoms with E-state index >= 15 is 0 Å². The quantitative estimate of drug-likeness (QED) is 0.783. The van der Waals surface area contributed by atoms with Crippen LogP contribution in [0.2, 0.25) is 0 Å². The lowest BCUT2D eigenvalue weighted by Gasteiger charge is -2.37.